The first kappa shape index (κ1) is 14.5. The predicted octanol–water partition coefficient (Wildman–Crippen LogP) is 1.75. The maximum atomic E-state index is 11.1. The Hall–Kier alpha value is -0.910. The van der Waals surface area contributed by atoms with Gasteiger partial charge in [-0.2, -0.15) is 0 Å². The summed E-state index contributed by atoms with van der Waals surface area (Å²) in [6.45, 7) is 4.09. The first-order valence-corrected chi connectivity index (χ1v) is 8.47. The lowest BCUT2D eigenvalue weighted by Crippen LogP contribution is -2.38. The zero-order valence-corrected chi connectivity index (χ0v) is 12.1. The van der Waals surface area contributed by atoms with Crippen LogP contribution in [0.3, 0.4) is 0 Å². The Balaban J connectivity index is 1.90. The number of hydrogen-bond donors (Lipinski definition) is 1. The molecule has 106 valence electrons. The minimum atomic E-state index is -3.33. The van der Waals surface area contributed by atoms with E-state index in [1.807, 2.05) is 6.07 Å². The maximum Gasteiger partial charge on any atom is 0.209 e. The summed E-state index contributed by atoms with van der Waals surface area (Å²) in [6, 6.07) is 10.8. The largest absolute Gasteiger partial charge is 0.297 e. The van der Waals surface area contributed by atoms with E-state index in [0.29, 0.717) is 6.04 Å². The summed E-state index contributed by atoms with van der Waals surface area (Å²) in [5.41, 5.74) is 1.31. The highest BCUT2D eigenvalue weighted by atomic mass is 32.2. The minimum Gasteiger partial charge on any atom is -0.297 e. The van der Waals surface area contributed by atoms with Crippen LogP contribution in [0, 0.1) is 5.92 Å². The van der Waals surface area contributed by atoms with E-state index in [-0.39, 0.29) is 11.7 Å². The van der Waals surface area contributed by atoms with Gasteiger partial charge in [-0.1, -0.05) is 30.3 Å². The summed E-state index contributed by atoms with van der Waals surface area (Å²) < 4.78 is 22.2. The number of benzene rings is 1. The third kappa shape index (κ3) is 4.30. The molecule has 4 nitrogen and oxygen atoms in total. The second-order valence-electron chi connectivity index (χ2n) is 5.40. The third-order valence-corrected chi connectivity index (χ3v) is 4.88. The van der Waals surface area contributed by atoms with Crippen molar-refractivity contribution in [3.8, 4) is 0 Å². The van der Waals surface area contributed by atoms with Crippen molar-refractivity contribution in [2.75, 3.05) is 18.8 Å². The normalized spacial score (nSPS) is 20.3. The van der Waals surface area contributed by atoms with Crippen molar-refractivity contribution in [3.63, 3.8) is 0 Å². The Morgan fingerprint density at radius 1 is 1.26 bits per heavy atom. The van der Waals surface area contributed by atoms with E-state index in [1.165, 1.54) is 5.56 Å². The highest BCUT2D eigenvalue weighted by molar-refractivity contribution is 7.89. The molecule has 0 radical (unpaired) electrons. The Labute approximate surface area is 115 Å². The van der Waals surface area contributed by atoms with Crippen LogP contribution in [0.25, 0.3) is 0 Å². The molecule has 0 aliphatic carbocycles. The Morgan fingerprint density at radius 2 is 1.84 bits per heavy atom. The molecule has 2 rings (SSSR count). The number of sulfonamides is 1. The molecule has 1 aliphatic heterocycles. The predicted molar refractivity (Wildman–Crippen MR) is 77.1 cm³/mol. The first-order chi connectivity index (χ1) is 8.96. The van der Waals surface area contributed by atoms with Crippen molar-refractivity contribution < 1.29 is 8.42 Å². The highest BCUT2D eigenvalue weighted by Gasteiger charge is 2.25. The number of nitrogens with zero attached hydrogens (tertiary/aromatic N) is 1. The van der Waals surface area contributed by atoms with E-state index in [4.69, 9.17) is 5.14 Å². The summed E-state index contributed by atoms with van der Waals surface area (Å²) in [6.07, 6.45) is 1.82. The molecular formula is C14H22N2O2S. The van der Waals surface area contributed by atoms with Crippen LogP contribution in [0.1, 0.15) is 31.4 Å². The molecule has 0 spiro atoms. The van der Waals surface area contributed by atoms with E-state index in [2.05, 4.69) is 36.1 Å². The molecule has 1 atom stereocenters. The summed E-state index contributed by atoms with van der Waals surface area (Å²) in [7, 11) is -3.33. The monoisotopic (exact) mass is 282 g/mol. The van der Waals surface area contributed by atoms with Crippen LogP contribution in [0.15, 0.2) is 30.3 Å². The molecule has 1 fully saturated rings. The van der Waals surface area contributed by atoms with Gasteiger partial charge in [0.25, 0.3) is 0 Å². The number of nitrogens with two attached hydrogens (primary N) is 1. The average molecular weight is 282 g/mol. The minimum absolute atomic E-state index is 0.126. The van der Waals surface area contributed by atoms with Crippen LogP contribution in [-0.2, 0) is 10.0 Å². The van der Waals surface area contributed by atoms with Gasteiger partial charge in [0.1, 0.15) is 0 Å². The summed E-state index contributed by atoms with van der Waals surface area (Å²) in [4.78, 5) is 2.41. The molecule has 19 heavy (non-hydrogen) atoms. The van der Waals surface area contributed by atoms with Crippen LogP contribution in [0.5, 0.6) is 0 Å². The van der Waals surface area contributed by atoms with Gasteiger partial charge in [0, 0.05) is 6.04 Å². The summed E-state index contributed by atoms with van der Waals surface area (Å²) in [5.74, 6) is 0.342. The van der Waals surface area contributed by atoms with Crippen molar-refractivity contribution in [1.82, 2.24) is 4.90 Å². The Bertz CT molecular complexity index is 493. The van der Waals surface area contributed by atoms with E-state index in [1.54, 1.807) is 0 Å². The first-order valence-electron chi connectivity index (χ1n) is 6.75. The molecule has 1 aromatic rings. The van der Waals surface area contributed by atoms with Crippen LogP contribution < -0.4 is 5.14 Å². The van der Waals surface area contributed by atoms with Crippen LogP contribution in [0.2, 0.25) is 0 Å². The fourth-order valence-corrected chi connectivity index (χ4v) is 3.77. The lowest BCUT2D eigenvalue weighted by atomic mass is 9.96. The van der Waals surface area contributed by atoms with E-state index < -0.39 is 10.0 Å². The molecule has 5 heteroatoms. The lowest BCUT2D eigenvalue weighted by molar-refractivity contribution is 0.148. The fourth-order valence-electron chi connectivity index (χ4n) is 2.78. The van der Waals surface area contributed by atoms with Crippen molar-refractivity contribution in [2.45, 2.75) is 25.8 Å². The molecule has 0 amide bonds. The van der Waals surface area contributed by atoms with E-state index in [0.717, 1.165) is 25.9 Å². The van der Waals surface area contributed by atoms with Gasteiger partial charge in [0.2, 0.25) is 10.0 Å². The van der Waals surface area contributed by atoms with Gasteiger partial charge in [-0.25, -0.2) is 13.6 Å². The van der Waals surface area contributed by atoms with Crippen molar-refractivity contribution in [1.29, 1.82) is 0 Å². The molecule has 0 saturated carbocycles. The maximum absolute atomic E-state index is 11.1. The van der Waals surface area contributed by atoms with Crippen molar-refractivity contribution >= 4 is 10.0 Å². The molecule has 0 bridgehead atoms. The third-order valence-electron chi connectivity index (χ3n) is 3.95. The topological polar surface area (TPSA) is 63.4 Å². The molecule has 1 aliphatic rings. The van der Waals surface area contributed by atoms with Crippen molar-refractivity contribution in [2.24, 2.45) is 11.1 Å². The second kappa shape index (κ2) is 6.03. The van der Waals surface area contributed by atoms with Gasteiger partial charge in [-0.05, 0) is 44.3 Å². The second-order valence-corrected chi connectivity index (χ2v) is 7.05. The molecule has 2 N–H and O–H groups in total. The number of rotatable bonds is 4. The zero-order chi connectivity index (χ0) is 13.9. The smallest absolute Gasteiger partial charge is 0.209 e. The summed E-state index contributed by atoms with van der Waals surface area (Å²) >= 11 is 0. The van der Waals surface area contributed by atoms with Gasteiger partial charge in [-0.15, -0.1) is 0 Å². The number of primary sulfonamides is 1. The van der Waals surface area contributed by atoms with E-state index in [9.17, 15) is 8.42 Å². The quantitative estimate of drug-likeness (QED) is 0.915. The van der Waals surface area contributed by atoms with Gasteiger partial charge in [-0.3, -0.25) is 4.90 Å². The van der Waals surface area contributed by atoms with Crippen LogP contribution in [0.4, 0.5) is 0 Å². The van der Waals surface area contributed by atoms with Crippen LogP contribution in [-0.4, -0.2) is 32.2 Å². The van der Waals surface area contributed by atoms with Crippen LogP contribution >= 0.6 is 0 Å². The number of piperidine rings is 1. The SMILES string of the molecule is C[C@@H](c1ccccc1)N1CCC(CS(N)(=O)=O)CC1. The number of hydrogen-bond acceptors (Lipinski definition) is 3. The van der Waals surface area contributed by atoms with Gasteiger partial charge >= 0.3 is 0 Å². The Kier molecular flexibility index (Phi) is 4.60. The standard InChI is InChI=1S/C14H22N2O2S/c1-12(14-5-3-2-4-6-14)16-9-7-13(8-10-16)11-19(15,17)18/h2-6,12-13H,7-11H2,1H3,(H2,15,17,18)/t12-/m0/s1. The van der Waals surface area contributed by atoms with E-state index >= 15 is 0 Å². The van der Waals surface area contributed by atoms with Gasteiger partial charge in [0.05, 0.1) is 5.75 Å². The van der Waals surface area contributed by atoms with Gasteiger partial charge in [0.15, 0.2) is 0 Å². The van der Waals surface area contributed by atoms with Gasteiger partial charge < -0.3 is 0 Å². The number of likely N-dealkylation sites (tertiary alicyclic amines) is 1. The fraction of sp³-hybridized carbons (Fsp3) is 0.571. The molecule has 0 aromatic heterocycles. The molecule has 1 aromatic carbocycles. The zero-order valence-electron chi connectivity index (χ0n) is 11.3. The lowest BCUT2D eigenvalue weighted by Gasteiger charge is -2.36. The molecule has 1 saturated heterocycles. The van der Waals surface area contributed by atoms with Crippen molar-refractivity contribution in [3.05, 3.63) is 35.9 Å². The molecule has 1 heterocycles. The average Bonchev–Trinajstić information content (AvgIpc) is 2.38. The Morgan fingerprint density at radius 3 is 2.37 bits per heavy atom. The highest BCUT2D eigenvalue weighted by Crippen LogP contribution is 2.26. The molecular weight excluding hydrogens is 260 g/mol. The molecule has 0 unspecified atom stereocenters. The summed E-state index contributed by atoms with van der Waals surface area (Å²) in [5, 5.41) is 5.11.